The SMILES string of the molecule is CC1(CNc2cn[nH]c(=O)c2Br)CCOCC1. The molecule has 0 unspecified atom stereocenters. The van der Waals surface area contributed by atoms with Crippen molar-refractivity contribution in [2.24, 2.45) is 5.41 Å². The summed E-state index contributed by atoms with van der Waals surface area (Å²) in [7, 11) is 0. The lowest BCUT2D eigenvalue weighted by atomic mass is 9.82. The third-order valence-electron chi connectivity index (χ3n) is 3.20. The fraction of sp³-hybridized carbons (Fsp3) is 0.636. The zero-order valence-electron chi connectivity index (χ0n) is 9.75. The Hall–Kier alpha value is -0.880. The molecule has 6 heteroatoms. The summed E-state index contributed by atoms with van der Waals surface area (Å²) in [6, 6.07) is 0. The maximum absolute atomic E-state index is 11.3. The van der Waals surface area contributed by atoms with E-state index in [4.69, 9.17) is 4.74 Å². The third kappa shape index (κ3) is 3.07. The van der Waals surface area contributed by atoms with Crippen LogP contribution in [0.4, 0.5) is 5.69 Å². The molecule has 0 atom stereocenters. The van der Waals surface area contributed by atoms with Crippen LogP contribution in [0, 0.1) is 5.41 Å². The number of nitrogens with one attached hydrogen (secondary N) is 2. The summed E-state index contributed by atoms with van der Waals surface area (Å²) in [5.74, 6) is 0. The first-order valence-electron chi connectivity index (χ1n) is 5.66. The standard InChI is InChI=1S/C11H16BrN3O2/c1-11(2-4-17-5-3-11)7-13-8-6-14-15-10(16)9(8)12/h6H,2-5,7H2,1H3,(H2,13,15,16). The van der Waals surface area contributed by atoms with Gasteiger partial charge in [-0.05, 0) is 34.2 Å². The summed E-state index contributed by atoms with van der Waals surface area (Å²) < 4.78 is 5.86. The molecule has 0 amide bonds. The van der Waals surface area contributed by atoms with Crippen LogP contribution in [0.1, 0.15) is 19.8 Å². The summed E-state index contributed by atoms with van der Waals surface area (Å²) in [6.07, 6.45) is 3.69. The lowest BCUT2D eigenvalue weighted by Crippen LogP contribution is -2.33. The van der Waals surface area contributed by atoms with Gasteiger partial charge in [-0.3, -0.25) is 4.79 Å². The molecule has 1 aliphatic rings. The number of ether oxygens (including phenoxy) is 1. The van der Waals surface area contributed by atoms with Gasteiger partial charge in [0.15, 0.2) is 0 Å². The van der Waals surface area contributed by atoms with Gasteiger partial charge in [-0.2, -0.15) is 5.10 Å². The second-order valence-electron chi connectivity index (χ2n) is 4.70. The van der Waals surface area contributed by atoms with Crippen LogP contribution >= 0.6 is 15.9 Å². The van der Waals surface area contributed by atoms with Crippen LogP contribution in [0.3, 0.4) is 0 Å². The number of nitrogens with zero attached hydrogens (tertiary/aromatic N) is 1. The van der Waals surface area contributed by atoms with Crippen molar-refractivity contribution in [2.75, 3.05) is 25.1 Å². The van der Waals surface area contributed by atoms with Gasteiger partial charge in [0.2, 0.25) is 0 Å². The summed E-state index contributed by atoms with van der Waals surface area (Å²) >= 11 is 3.25. The summed E-state index contributed by atoms with van der Waals surface area (Å²) in [4.78, 5) is 11.3. The second-order valence-corrected chi connectivity index (χ2v) is 5.50. The lowest BCUT2D eigenvalue weighted by molar-refractivity contribution is 0.0300. The molecule has 1 aromatic rings. The van der Waals surface area contributed by atoms with Crippen molar-refractivity contribution in [3.8, 4) is 0 Å². The molecule has 1 fully saturated rings. The van der Waals surface area contributed by atoms with E-state index in [2.05, 4.69) is 38.4 Å². The van der Waals surface area contributed by atoms with Gasteiger partial charge in [0.25, 0.3) is 5.56 Å². The number of hydrogen-bond donors (Lipinski definition) is 2. The fourth-order valence-electron chi connectivity index (χ4n) is 1.86. The van der Waals surface area contributed by atoms with Gasteiger partial charge in [-0.15, -0.1) is 0 Å². The third-order valence-corrected chi connectivity index (χ3v) is 3.99. The number of aromatic nitrogens is 2. The average Bonchev–Trinajstić information content (AvgIpc) is 2.32. The van der Waals surface area contributed by atoms with E-state index < -0.39 is 0 Å². The van der Waals surface area contributed by atoms with E-state index in [-0.39, 0.29) is 11.0 Å². The van der Waals surface area contributed by atoms with E-state index >= 15 is 0 Å². The van der Waals surface area contributed by atoms with Crippen molar-refractivity contribution in [3.63, 3.8) is 0 Å². The zero-order chi connectivity index (χ0) is 12.3. The predicted molar refractivity (Wildman–Crippen MR) is 69.2 cm³/mol. The number of aromatic amines is 1. The number of H-pyrrole nitrogens is 1. The van der Waals surface area contributed by atoms with E-state index in [1.807, 2.05) is 0 Å². The topological polar surface area (TPSA) is 67.0 Å². The molecule has 17 heavy (non-hydrogen) atoms. The number of rotatable bonds is 3. The van der Waals surface area contributed by atoms with E-state index in [0.717, 1.165) is 38.3 Å². The molecule has 2 heterocycles. The van der Waals surface area contributed by atoms with E-state index in [9.17, 15) is 4.79 Å². The number of hydrogen-bond acceptors (Lipinski definition) is 4. The van der Waals surface area contributed by atoms with E-state index in [1.165, 1.54) is 0 Å². The van der Waals surface area contributed by atoms with Crippen molar-refractivity contribution in [1.82, 2.24) is 10.2 Å². The summed E-state index contributed by atoms with van der Waals surface area (Å²) in [6.45, 7) is 4.68. The molecule has 0 aliphatic carbocycles. The Balaban J connectivity index is 2.02. The Labute approximate surface area is 108 Å². The molecule has 0 aromatic carbocycles. The first-order valence-corrected chi connectivity index (χ1v) is 6.45. The average molecular weight is 302 g/mol. The Morgan fingerprint density at radius 3 is 3.00 bits per heavy atom. The van der Waals surface area contributed by atoms with Crippen molar-refractivity contribution in [1.29, 1.82) is 0 Å². The van der Waals surface area contributed by atoms with Gasteiger partial charge >= 0.3 is 0 Å². The minimum Gasteiger partial charge on any atom is -0.382 e. The molecule has 1 saturated heterocycles. The van der Waals surface area contributed by atoms with Gasteiger partial charge in [-0.25, -0.2) is 5.10 Å². The van der Waals surface area contributed by atoms with Crippen LogP contribution in [-0.4, -0.2) is 30.0 Å². The van der Waals surface area contributed by atoms with Crippen LogP contribution in [0.5, 0.6) is 0 Å². The van der Waals surface area contributed by atoms with Gasteiger partial charge < -0.3 is 10.1 Å². The molecule has 0 saturated carbocycles. The van der Waals surface area contributed by atoms with Crippen molar-refractivity contribution in [3.05, 3.63) is 21.0 Å². The molecule has 2 rings (SSSR count). The van der Waals surface area contributed by atoms with Crippen molar-refractivity contribution >= 4 is 21.6 Å². The molecule has 2 N–H and O–H groups in total. The summed E-state index contributed by atoms with van der Waals surface area (Å²) in [5.41, 5.74) is 0.744. The molecular weight excluding hydrogens is 286 g/mol. The highest BCUT2D eigenvalue weighted by Gasteiger charge is 2.27. The molecular formula is C11H16BrN3O2. The molecule has 1 aliphatic heterocycles. The smallest absolute Gasteiger partial charge is 0.280 e. The molecule has 0 bridgehead atoms. The van der Waals surface area contributed by atoms with E-state index in [1.54, 1.807) is 6.20 Å². The van der Waals surface area contributed by atoms with Crippen LogP contribution in [0.2, 0.25) is 0 Å². The number of anilines is 1. The highest BCUT2D eigenvalue weighted by molar-refractivity contribution is 9.10. The lowest BCUT2D eigenvalue weighted by Gasteiger charge is -2.33. The van der Waals surface area contributed by atoms with Gasteiger partial charge in [0.05, 0.1) is 11.9 Å². The zero-order valence-corrected chi connectivity index (χ0v) is 11.3. The maximum Gasteiger partial charge on any atom is 0.280 e. The monoisotopic (exact) mass is 301 g/mol. The van der Waals surface area contributed by atoms with Crippen molar-refractivity contribution in [2.45, 2.75) is 19.8 Å². The number of halogens is 1. The minimum atomic E-state index is -0.216. The van der Waals surface area contributed by atoms with Crippen LogP contribution in [-0.2, 0) is 4.74 Å². The maximum atomic E-state index is 11.3. The van der Waals surface area contributed by atoms with Gasteiger partial charge in [0.1, 0.15) is 4.47 Å². The Morgan fingerprint density at radius 2 is 2.29 bits per heavy atom. The molecule has 1 aromatic heterocycles. The predicted octanol–water partition coefficient (Wildman–Crippen LogP) is 1.76. The van der Waals surface area contributed by atoms with Gasteiger partial charge in [-0.1, -0.05) is 6.92 Å². The minimum absolute atomic E-state index is 0.216. The van der Waals surface area contributed by atoms with Crippen LogP contribution in [0.15, 0.2) is 15.5 Å². The molecule has 0 spiro atoms. The Bertz CT molecular complexity index is 441. The highest BCUT2D eigenvalue weighted by atomic mass is 79.9. The highest BCUT2D eigenvalue weighted by Crippen LogP contribution is 2.30. The van der Waals surface area contributed by atoms with Crippen molar-refractivity contribution < 1.29 is 4.74 Å². The van der Waals surface area contributed by atoms with Crippen LogP contribution < -0.4 is 10.9 Å². The Kier molecular flexibility index (Phi) is 3.83. The van der Waals surface area contributed by atoms with Gasteiger partial charge in [0, 0.05) is 19.8 Å². The first kappa shape index (κ1) is 12.6. The second kappa shape index (κ2) is 5.18. The normalized spacial score (nSPS) is 18.9. The van der Waals surface area contributed by atoms with E-state index in [0.29, 0.717) is 4.47 Å². The molecule has 94 valence electrons. The largest absolute Gasteiger partial charge is 0.382 e. The Morgan fingerprint density at radius 1 is 1.59 bits per heavy atom. The first-order chi connectivity index (χ1) is 8.11. The summed E-state index contributed by atoms with van der Waals surface area (Å²) in [5, 5.41) is 9.43. The molecule has 5 nitrogen and oxygen atoms in total. The van der Waals surface area contributed by atoms with Crippen LogP contribution in [0.25, 0.3) is 0 Å². The fourth-order valence-corrected chi connectivity index (χ4v) is 2.19. The quantitative estimate of drug-likeness (QED) is 0.893. The molecule has 0 radical (unpaired) electrons.